The van der Waals surface area contributed by atoms with Crippen molar-refractivity contribution >= 4 is 22.5 Å². The first-order valence-electron chi connectivity index (χ1n) is 6.21. The van der Waals surface area contributed by atoms with E-state index in [0.717, 1.165) is 22.4 Å². The van der Waals surface area contributed by atoms with Crippen LogP contribution >= 0.6 is 11.6 Å². The molecule has 2 aromatic heterocycles. The molecule has 0 fully saturated rings. The zero-order valence-corrected chi connectivity index (χ0v) is 11.7. The van der Waals surface area contributed by atoms with E-state index in [1.807, 2.05) is 25.1 Å². The number of oxazole rings is 1. The lowest BCUT2D eigenvalue weighted by Gasteiger charge is -2.06. The number of rotatable bonds is 4. The zero-order valence-electron chi connectivity index (χ0n) is 10.9. The van der Waals surface area contributed by atoms with Gasteiger partial charge in [0.15, 0.2) is 6.61 Å². The predicted molar refractivity (Wildman–Crippen MR) is 76.8 cm³/mol. The Morgan fingerprint density at radius 2 is 2.25 bits per heavy atom. The van der Waals surface area contributed by atoms with Gasteiger partial charge in [-0.1, -0.05) is 11.6 Å². The van der Waals surface area contributed by atoms with Crippen molar-refractivity contribution < 1.29 is 9.15 Å². The van der Waals surface area contributed by atoms with Crippen LogP contribution in [0.15, 0.2) is 28.8 Å². The zero-order chi connectivity index (χ0) is 14.1. The number of hydrogen-bond acceptors (Lipinski definition) is 4. The average Bonchev–Trinajstić information content (AvgIpc) is 3.01. The molecule has 3 rings (SSSR count). The minimum Gasteiger partial charge on any atom is -0.482 e. The van der Waals surface area contributed by atoms with Gasteiger partial charge in [0.1, 0.15) is 11.5 Å². The highest BCUT2D eigenvalue weighted by molar-refractivity contribution is 6.32. The molecule has 6 heteroatoms. The summed E-state index contributed by atoms with van der Waals surface area (Å²) in [6.07, 6.45) is 1.65. The number of H-pyrrole nitrogens is 1. The van der Waals surface area contributed by atoms with Gasteiger partial charge >= 0.3 is 0 Å². The highest BCUT2D eigenvalue weighted by atomic mass is 35.5. The smallest absolute Gasteiger partial charge is 0.232 e. The number of nitrogens with two attached hydrogens (primary N) is 1. The van der Waals surface area contributed by atoms with E-state index in [2.05, 4.69) is 9.97 Å². The Balaban J connectivity index is 1.85. The molecule has 0 radical (unpaired) electrons. The lowest BCUT2D eigenvalue weighted by molar-refractivity contribution is 0.261. The molecule has 20 heavy (non-hydrogen) atoms. The van der Waals surface area contributed by atoms with Gasteiger partial charge in [0.05, 0.1) is 11.2 Å². The van der Waals surface area contributed by atoms with Crippen molar-refractivity contribution in [1.29, 1.82) is 0 Å². The molecule has 0 bridgehead atoms. The van der Waals surface area contributed by atoms with E-state index in [1.54, 1.807) is 6.20 Å². The molecule has 1 aromatic carbocycles. The maximum Gasteiger partial charge on any atom is 0.232 e. The van der Waals surface area contributed by atoms with E-state index in [4.69, 9.17) is 26.5 Å². The molecule has 0 unspecified atom stereocenters. The van der Waals surface area contributed by atoms with Crippen molar-refractivity contribution in [3.63, 3.8) is 0 Å². The van der Waals surface area contributed by atoms with Crippen LogP contribution in [0.5, 0.6) is 5.75 Å². The second kappa shape index (κ2) is 5.19. The lowest BCUT2D eigenvalue weighted by atomic mass is 10.2. The maximum atomic E-state index is 6.21. The van der Waals surface area contributed by atoms with Crippen LogP contribution in [0, 0.1) is 6.92 Å². The van der Waals surface area contributed by atoms with Gasteiger partial charge in [0, 0.05) is 29.2 Å². The monoisotopic (exact) mass is 291 g/mol. The van der Waals surface area contributed by atoms with Crippen LogP contribution in [0.3, 0.4) is 0 Å². The fourth-order valence-corrected chi connectivity index (χ4v) is 2.25. The van der Waals surface area contributed by atoms with Crippen molar-refractivity contribution in [2.24, 2.45) is 5.73 Å². The molecule has 104 valence electrons. The summed E-state index contributed by atoms with van der Waals surface area (Å²) in [6, 6.07) is 5.68. The molecular weight excluding hydrogens is 278 g/mol. The topological polar surface area (TPSA) is 77.1 Å². The fraction of sp³-hybridized carbons (Fsp3) is 0.214. The molecule has 5 nitrogen and oxygen atoms in total. The largest absolute Gasteiger partial charge is 0.482 e. The van der Waals surface area contributed by atoms with E-state index in [1.165, 1.54) is 0 Å². The molecule has 2 heterocycles. The molecule has 0 amide bonds. The Labute approximate surface area is 120 Å². The first-order chi connectivity index (χ1) is 9.65. The Hall–Kier alpha value is -1.98. The van der Waals surface area contributed by atoms with Crippen molar-refractivity contribution in [2.75, 3.05) is 0 Å². The summed E-state index contributed by atoms with van der Waals surface area (Å²) in [5.41, 5.74) is 7.50. The first-order valence-corrected chi connectivity index (χ1v) is 6.59. The number of fused-ring (bicyclic) bond motifs is 1. The molecular formula is C14H14ClN3O2. The van der Waals surface area contributed by atoms with Gasteiger partial charge in [-0.05, 0) is 19.1 Å². The van der Waals surface area contributed by atoms with Gasteiger partial charge in [-0.25, -0.2) is 4.98 Å². The Kier molecular flexibility index (Phi) is 3.38. The Bertz CT molecular complexity index is 748. The molecule has 0 saturated carbocycles. The minimum absolute atomic E-state index is 0.240. The third kappa shape index (κ3) is 2.50. The minimum atomic E-state index is 0.240. The van der Waals surface area contributed by atoms with Crippen LogP contribution in [-0.2, 0) is 13.2 Å². The number of halogens is 1. The molecule has 3 N–H and O–H groups in total. The van der Waals surface area contributed by atoms with E-state index in [9.17, 15) is 0 Å². The fourth-order valence-electron chi connectivity index (χ4n) is 2.02. The van der Waals surface area contributed by atoms with Crippen molar-refractivity contribution in [3.05, 3.63) is 46.8 Å². The second-order valence-corrected chi connectivity index (χ2v) is 4.93. The summed E-state index contributed by atoms with van der Waals surface area (Å²) in [4.78, 5) is 7.29. The molecule has 0 spiro atoms. The molecule has 3 aromatic rings. The highest BCUT2D eigenvalue weighted by Gasteiger charge is 2.09. The van der Waals surface area contributed by atoms with E-state index >= 15 is 0 Å². The van der Waals surface area contributed by atoms with Gasteiger partial charge in [0.2, 0.25) is 5.89 Å². The number of hydrogen-bond donors (Lipinski definition) is 2. The summed E-state index contributed by atoms with van der Waals surface area (Å²) in [5, 5.41) is 1.55. The van der Waals surface area contributed by atoms with Crippen LogP contribution < -0.4 is 10.5 Å². The summed E-state index contributed by atoms with van der Waals surface area (Å²) >= 11 is 6.21. The number of aromatic amines is 1. The van der Waals surface area contributed by atoms with Crippen LogP contribution in [-0.4, -0.2) is 9.97 Å². The maximum absolute atomic E-state index is 6.21. The lowest BCUT2D eigenvalue weighted by Crippen LogP contribution is -1.96. The summed E-state index contributed by atoms with van der Waals surface area (Å²) in [7, 11) is 0. The van der Waals surface area contributed by atoms with Crippen molar-refractivity contribution in [3.8, 4) is 5.75 Å². The van der Waals surface area contributed by atoms with Gasteiger partial charge in [-0.3, -0.25) is 0 Å². The summed E-state index contributed by atoms with van der Waals surface area (Å²) < 4.78 is 11.0. The number of aromatic nitrogens is 2. The SMILES string of the molecule is Cc1cnc(COc2cc3[nH]c(CN)cc3cc2Cl)o1. The average molecular weight is 292 g/mol. The van der Waals surface area contributed by atoms with Crippen molar-refractivity contribution in [1.82, 2.24) is 9.97 Å². The van der Waals surface area contributed by atoms with Gasteiger partial charge < -0.3 is 19.9 Å². The first kappa shape index (κ1) is 13.0. The molecule has 0 aliphatic carbocycles. The number of nitrogens with zero attached hydrogens (tertiary/aromatic N) is 1. The van der Waals surface area contributed by atoms with Crippen molar-refractivity contribution in [2.45, 2.75) is 20.1 Å². The van der Waals surface area contributed by atoms with Crippen LogP contribution in [0.25, 0.3) is 10.9 Å². The summed E-state index contributed by atoms with van der Waals surface area (Å²) in [6.45, 7) is 2.53. The summed E-state index contributed by atoms with van der Waals surface area (Å²) in [5.74, 6) is 1.86. The number of ether oxygens (including phenoxy) is 1. The third-order valence-electron chi connectivity index (χ3n) is 2.97. The molecule has 0 aliphatic rings. The van der Waals surface area contributed by atoms with Gasteiger partial charge in [-0.2, -0.15) is 0 Å². The van der Waals surface area contributed by atoms with E-state index < -0.39 is 0 Å². The third-order valence-corrected chi connectivity index (χ3v) is 3.26. The Morgan fingerprint density at radius 3 is 2.95 bits per heavy atom. The quantitative estimate of drug-likeness (QED) is 0.774. The van der Waals surface area contributed by atoms with E-state index in [-0.39, 0.29) is 6.61 Å². The molecule has 0 atom stereocenters. The van der Waals surface area contributed by atoms with Crippen LogP contribution in [0.1, 0.15) is 17.3 Å². The van der Waals surface area contributed by atoms with Gasteiger partial charge in [-0.15, -0.1) is 0 Å². The number of aryl methyl sites for hydroxylation is 1. The number of nitrogens with one attached hydrogen (secondary N) is 1. The van der Waals surface area contributed by atoms with E-state index in [0.29, 0.717) is 23.2 Å². The number of benzene rings is 1. The van der Waals surface area contributed by atoms with Crippen LogP contribution in [0.4, 0.5) is 0 Å². The second-order valence-electron chi connectivity index (χ2n) is 4.52. The normalized spacial score (nSPS) is 11.2. The van der Waals surface area contributed by atoms with Crippen LogP contribution in [0.2, 0.25) is 5.02 Å². The molecule has 0 aliphatic heterocycles. The Morgan fingerprint density at radius 1 is 1.40 bits per heavy atom. The highest BCUT2D eigenvalue weighted by Crippen LogP contribution is 2.30. The van der Waals surface area contributed by atoms with Gasteiger partial charge in [0.25, 0.3) is 0 Å². The predicted octanol–water partition coefficient (Wildman–Crippen LogP) is 3.16. The standard InChI is InChI=1S/C14H14ClN3O2/c1-8-6-17-14(20-8)7-19-13-4-12-9(3-11(13)15)2-10(5-16)18-12/h2-4,6,18H,5,7,16H2,1H3. The molecule has 0 saturated heterocycles.